The number of para-hydroxylation sites is 4. The van der Waals surface area contributed by atoms with Crippen molar-refractivity contribution in [1.29, 1.82) is 0 Å². The lowest BCUT2D eigenvalue weighted by Gasteiger charge is -2.28. The second-order valence-electron chi connectivity index (χ2n) is 14.1. The normalized spacial score (nSPS) is 11.6. The van der Waals surface area contributed by atoms with Gasteiger partial charge >= 0.3 is 0 Å². The van der Waals surface area contributed by atoms with Crippen molar-refractivity contribution in [3.8, 4) is 27.9 Å². The van der Waals surface area contributed by atoms with Crippen LogP contribution in [-0.4, -0.2) is 4.57 Å². The van der Waals surface area contributed by atoms with Gasteiger partial charge in [0.15, 0.2) is 0 Å². The monoisotopic (exact) mass is 702 g/mol. The number of benzene rings is 9. The highest BCUT2D eigenvalue weighted by molar-refractivity contribution is 6.12. The average Bonchev–Trinajstić information content (AvgIpc) is 3.80. The van der Waals surface area contributed by atoms with Crippen LogP contribution < -0.4 is 4.90 Å². The molecule has 11 rings (SSSR count). The zero-order valence-electron chi connectivity index (χ0n) is 29.9. The maximum atomic E-state index is 6.27. The molecule has 0 saturated heterocycles. The minimum atomic E-state index is 0.881. The van der Waals surface area contributed by atoms with E-state index in [0.29, 0.717) is 0 Å². The summed E-state index contributed by atoms with van der Waals surface area (Å²) in [4.78, 5) is 2.39. The molecule has 3 nitrogen and oxygen atoms in total. The van der Waals surface area contributed by atoms with Crippen LogP contribution in [0.25, 0.3) is 82.5 Å². The SMILES string of the molecule is c1ccc(-c2ccc(N(c3ccc4oc5ccccc5c4c3)c3ccc(-c4ccccc4-n4c5ccccc5c5ccccc54)c4ccccc34)cc2)cc1. The quantitative estimate of drug-likeness (QED) is 0.172. The van der Waals surface area contributed by atoms with Gasteiger partial charge in [-0.3, -0.25) is 0 Å². The van der Waals surface area contributed by atoms with Gasteiger partial charge in [-0.05, 0) is 82.7 Å². The van der Waals surface area contributed by atoms with Gasteiger partial charge < -0.3 is 13.9 Å². The smallest absolute Gasteiger partial charge is 0.135 e. The van der Waals surface area contributed by atoms with E-state index < -0.39 is 0 Å². The second-order valence-corrected chi connectivity index (χ2v) is 14.1. The van der Waals surface area contributed by atoms with E-state index >= 15 is 0 Å². The minimum Gasteiger partial charge on any atom is -0.456 e. The fourth-order valence-electron chi connectivity index (χ4n) is 8.51. The summed E-state index contributed by atoms with van der Waals surface area (Å²) in [5.74, 6) is 0. The van der Waals surface area contributed by atoms with Gasteiger partial charge in [0.2, 0.25) is 0 Å². The largest absolute Gasteiger partial charge is 0.456 e. The van der Waals surface area contributed by atoms with Crippen LogP contribution in [0.3, 0.4) is 0 Å². The fourth-order valence-corrected chi connectivity index (χ4v) is 8.51. The topological polar surface area (TPSA) is 21.3 Å². The number of furan rings is 1. The molecule has 0 radical (unpaired) electrons. The van der Waals surface area contributed by atoms with Crippen LogP contribution in [0.4, 0.5) is 17.1 Å². The fraction of sp³-hybridized carbons (Fsp3) is 0. The van der Waals surface area contributed by atoms with Crippen molar-refractivity contribution in [1.82, 2.24) is 4.57 Å². The molecule has 0 atom stereocenters. The van der Waals surface area contributed by atoms with Crippen molar-refractivity contribution in [3.05, 3.63) is 206 Å². The first-order valence-electron chi connectivity index (χ1n) is 18.8. The molecule has 3 heteroatoms. The lowest BCUT2D eigenvalue weighted by atomic mass is 9.95. The Bertz CT molecular complexity index is 3150. The Morgan fingerprint density at radius 1 is 0.345 bits per heavy atom. The molecule has 0 unspecified atom stereocenters. The van der Waals surface area contributed by atoms with Crippen LogP contribution in [0.2, 0.25) is 0 Å². The van der Waals surface area contributed by atoms with Crippen LogP contribution in [0, 0.1) is 0 Å². The molecule has 0 aliphatic rings. The summed E-state index contributed by atoms with van der Waals surface area (Å²) in [5, 5.41) is 7.07. The molecule has 0 bridgehead atoms. The van der Waals surface area contributed by atoms with Gasteiger partial charge in [0, 0.05) is 43.9 Å². The van der Waals surface area contributed by atoms with Gasteiger partial charge in [0.1, 0.15) is 11.2 Å². The molecule has 11 aromatic rings. The van der Waals surface area contributed by atoms with E-state index in [1.807, 2.05) is 12.1 Å². The third kappa shape index (κ3) is 5.05. The highest BCUT2D eigenvalue weighted by Crippen LogP contribution is 2.45. The predicted octanol–water partition coefficient (Wildman–Crippen LogP) is 14.6. The van der Waals surface area contributed by atoms with Crippen molar-refractivity contribution in [2.45, 2.75) is 0 Å². The zero-order valence-corrected chi connectivity index (χ0v) is 29.9. The van der Waals surface area contributed by atoms with E-state index in [4.69, 9.17) is 4.42 Å². The van der Waals surface area contributed by atoms with Crippen molar-refractivity contribution in [3.63, 3.8) is 0 Å². The third-order valence-corrected chi connectivity index (χ3v) is 11.0. The molecular weight excluding hydrogens is 669 g/mol. The molecule has 258 valence electrons. The molecule has 0 N–H and O–H groups in total. The van der Waals surface area contributed by atoms with Crippen molar-refractivity contribution >= 4 is 71.6 Å². The van der Waals surface area contributed by atoms with E-state index in [0.717, 1.165) is 44.7 Å². The lowest BCUT2D eigenvalue weighted by Crippen LogP contribution is -2.10. The van der Waals surface area contributed by atoms with Crippen molar-refractivity contribution in [2.24, 2.45) is 0 Å². The highest BCUT2D eigenvalue weighted by Gasteiger charge is 2.21. The van der Waals surface area contributed by atoms with E-state index in [-0.39, 0.29) is 0 Å². The first-order chi connectivity index (χ1) is 27.3. The summed E-state index contributed by atoms with van der Waals surface area (Å²) in [6.07, 6.45) is 0. The number of aromatic nitrogens is 1. The average molecular weight is 703 g/mol. The number of fused-ring (bicyclic) bond motifs is 7. The van der Waals surface area contributed by atoms with Gasteiger partial charge in [0.05, 0.1) is 22.4 Å². The first-order valence-corrected chi connectivity index (χ1v) is 18.8. The Morgan fingerprint density at radius 3 is 1.67 bits per heavy atom. The number of hydrogen-bond donors (Lipinski definition) is 0. The number of anilines is 3. The number of rotatable bonds is 6. The predicted molar refractivity (Wildman–Crippen MR) is 231 cm³/mol. The number of nitrogens with zero attached hydrogens (tertiary/aromatic N) is 2. The number of hydrogen-bond acceptors (Lipinski definition) is 2. The van der Waals surface area contributed by atoms with Crippen molar-refractivity contribution in [2.75, 3.05) is 4.90 Å². The Morgan fingerprint density at radius 2 is 0.909 bits per heavy atom. The van der Waals surface area contributed by atoms with Gasteiger partial charge in [0.25, 0.3) is 0 Å². The molecule has 2 aromatic heterocycles. The van der Waals surface area contributed by atoms with Crippen LogP contribution >= 0.6 is 0 Å². The molecule has 9 aromatic carbocycles. The van der Waals surface area contributed by atoms with Gasteiger partial charge in [-0.2, -0.15) is 0 Å². The van der Waals surface area contributed by atoms with Crippen molar-refractivity contribution < 1.29 is 4.42 Å². The molecule has 0 aliphatic carbocycles. The molecule has 55 heavy (non-hydrogen) atoms. The van der Waals surface area contributed by atoms with E-state index in [1.165, 1.54) is 54.8 Å². The first kappa shape index (κ1) is 31.2. The molecule has 0 fully saturated rings. The van der Waals surface area contributed by atoms with E-state index in [1.54, 1.807) is 0 Å². The summed E-state index contributed by atoms with van der Waals surface area (Å²) in [5.41, 5.74) is 13.3. The summed E-state index contributed by atoms with van der Waals surface area (Å²) in [6.45, 7) is 0. The molecule has 0 amide bonds. The lowest BCUT2D eigenvalue weighted by molar-refractivity contribution is 0.669. The summed E-state index contributed by atoms with van der Waals surface area (Å²) >= 11 is 0. The van der Waals surface area contributed by atoms with Crippen LogP contribution in [0.5, 0.6) is 0 Å². The van der Waals surface area contributed by atoms with Crippen LogP contribution in [0.15, 0.2) is 211 Å². The summed E-state index contributed by atoms with van der Waals surface area (Å²) in [7, 11) is 0. The molecule has 0 spiro atoms. The Kier molecular flexibility index (Phi) is 7.17. The Balaban J connectivity index is 1.13. The molecule has 2 heterocycles. The van der Waals surface area contributed by atoms with E-state index in [2.05, 4.69) is 204 Å². The summed E-state index contributed by atoms with van der Waals surface area (Å²) in [6, 6.07) is 74.0. The third-order valence-electron chi connectivity index (χ3n) is 11.0. The Labute approximate surface area is 318 Å². The van der Waals surface area contributed by atoms with Crippen LogP contribution in [-0.2, 0) is 0 Å². The minimum absolute atomic E-state index is 0.881. The zero-order chi connectivity index (χ0) is 36.3. The highest BCUT2D eigenvalue weighted by atomic mass is 16.3. The van der Waals surface area contributed by atoms with Crippen LogP contribution in [0.1, 0.15) is 0 Å². The molecular formula is C52H34N2O. The summed E-state index contributed by atoms with van der Waals surface area (Å²) < 4.78 is 8.70. The maximum Gasteiger partial charge on any atom is 0.135 e. The van der Waals surface area contributed by atoms with E-state index in [9.17, 15) is 0 Å². The van der Waals surface area contributed by atoms with Gasteiger partial charge in [-0.25, -0.2) is 0 Å². The maximum absolute atomic E-state index is 6.27. The second kappa shape index (κ2) is 12.6. The Hall–Kier alpha value is -7.36. The van der Waals surface area contributed by atoms with Gasteiger partial charge in [-0.1, -0.05) is 146 Å². The standard InChI is InChI=1S/C52H34N2O/c1-2-14-35(15-3-1)36-26-28-37(29-27-36)53(38-30-33-52-46(34-38)45-21-9-13-25-51(45)55-52)50-32-31-40(39-16-4-5-17-41(39)50)42-18-6-10-22-47(42)54-48-23-11-7-19-43(48)44-20-8-12-24-49(44)54/h1-34H. The molecule has 0 aliphatic heterocycles. The molecule has 0 saturated carbocycles. The van der Waals surface area contributed by atoms with Gasteiger partial charge in [-0.15, -0.1) is 0 Å².